The third-order valence-corrected chi connectivity index (χ3v) is 5.66. The van der Waals surface area contributed by atoms with E-state index < -0.39 is 10.1 Å². The molecule has 4 nitrogen and oxygen atoms in total. The van der Waals surface area contributed by atoms with Gasteiger partial charge in [-0.1, -0.05) is 24.6 Å². The van der Waals surface area contributed by atoms with Crippen molar-refractivity contribution in [3.63, 3.8) is 0 Å². The van der Waals surface area contributed by atoms with Crippen LogP contribution in [0.25, 0.3) is 0 Å². The molecule has 0 aromatic heterocycles. The van der Waals surface area contributed by atoms with E-state index in [1.807, 2.05) is 6.07 Å². The molecule has 2 heterocycles. The Bertz CT molecular complexity index is 541. The molecule has 0 spiro atoms. The smallest absolute Gasteiger partial charge is 0.297 e. The summed E-state index contributed by atoms with van der Waals surface area (Å²) in [6, 6.07) is 8.72. The molecule has 2 aliphatic rings. The van der Waals surface area contributed by atoms with Crippen LogP contribution in [0.1, 0.15) is 32.1 Å². The van der Waals surface area contributed by atoms with Crippen LogP contribution < -0.4 is 0 Å². The fraction of sp³-hybridized carbons (Fsp3) is 0.600. The molecular weight excluding hydrogens is 274 g/mol. The third-order valence-electron chi connectivity index (χ3n) is 4.31. The lowest BCUT2D eigenvalue weighted by Crippen LogP contribution is -2.51. The van der Waals surface area contributed by atoms with Crippen molar-refractivity contribution in [1.82, 2.24) is 4.90 Å². The summed E-state index contributed by atoms with van der Waals surface area (Å²) in [6.07, 6.45) is 5.11. The molecule has 3 rings (SSSR count). The van der Waals surface area contributed by atoms with Crippen molar-refractivity contribution in [3.8, 4) is 0 Å². The first-order valence-electron chi connectivity index (χ1n) is 7.39. The maximum Gasteiger partial charge on any atom is 0.297 e. The van der Waals surface area contributed by atoms with Crippen LogP contribution in [0.15, 0.2) is 35.2 Å². The van der Waals surface area contributed by atoms with Gasteiger partial charge in [-0.2, -0.15) is 8.42 Å². The first kappa shape index (κ1) is 14.0. The van der Waals surface area contributed by atoms with E-state index in [1.165, 1.54) is 12.8 Å². The monoisotopic (exact) mass is 295 g/mol. The zero-order valence-electron chi connectivity index (χ0n) is 11.6. The van der Waals surface area contributed by atoms with E-state index in [0.717, 1.165) is 32.4 Å². The summed E-state index contributed by atoms with van der Waals surface area (Å²) in [7, 11) is -3.64. The van der Waals surface area contributed by atoms with Gasteiger partial charge in [0.25, 0.3) is 10.1 Å². The Labute approximate surface area is 120 Å². The topological polar surface area (TPSA) is 46.6 Å². The zero-order chi connectivity index (χ0) is 14.0. The Morgan fingerprint density at radius 1 is 1.00 bits per heavy atom. The summed E-state index contributed by atoms with van der Waals surface area (Å²) >= 11 is 0. The van der Waals surface area contributed by atoms with E-state index in [9.17, 15) is 8.42 Å². The molecule has 20 heavy (non-hydrogen) atoms. The summed E-state index contributed by atoms with van der Waals surface area (Å²) in [5, 5.41) is 0. The van der Waals surface area contributed by atoms with Crippen molar-refractivity contribution in [1.29, 1.82) is 0 Å². The van der Waals surface area contributed by atoms with Gasteiger partial charge in [0.15, 0.2) is 0 Å². The van der Waals surface area contributed by atoms with E-state index in [1.54, 1.807) is 24.3 Å². The van der Waals surface area contributed by atoms with Gasteiger partial charge in [0.05, 0.1) is 11.0 Å². The number of benzene rings is 1. The van der Waals surface area contributed by atoms with Crippen LogP contribution in [-0.4, -0.2) is 38.6 Å². The van der Waals surface area contributed by atoms with Gasteiger partial charge in [-0.3, -0.25) is 9.08 Å². The minimum atomic E-state index is -3.64. The second-order valence-electron chi connectivity index (χ2n) is 5.64. The van der Waals surface area contributed by atoms with Crippen LogP contribution in [0.4, 0.5) is 0 Å². The molecule has 0 saturated carbocycles. The molecule has 2 atom stereocenters. The Kier molecular flexibility index (Phi) is 4.10. The highest BCUT2D eigenvalue weighted by molar-refractivity contribution is 7.86. The van der Waals surface area contributed by atoms with E-state index in [2.05, 4.69) is 4.90 Å². The molecule has 0 amide bonds. The molecule has 0 radical (unpaired) electrons. The second-order valence-corrected chi connectivity index (χ2v) is 7.22. The largest absolute Gasteiger partial charge is 0.298 e. The number of fused-ring (bicyclic) bond motifs is 1. The highest BCUT2D eigenvalue weighted by Crippen LogP contribution is 2.30. The molecular formula is C15H21NO3S. The standard InChI is InChI=1S/C15H21NO3S/c17-20(18,13-7-2-1-3-8-13)19-15-10-6-12-16-11-5-4-9-14(15)16/h1-3,7-8,14-15H,4-6,9-12H2. The van der Waals surface area contributed by atoms with Gasteiger partial charge >= 0.3 is 0 Å². The molecule has 2 aliphatic heterocycles. The number of piperidine rings is 2. The fourth-order valence-electron chi connectivity index (χ4n) is 3.32. The molecule has 0 bridgehead atoms. The lowest BCUT2D eigenvalue weighted by molar-refractivity contribution is 0.00891. The Morgan fingerprint density at radius 2 is 1.75 bits per heavy atom. The maximum atomic E-state index is 12.3. The van der Waals surface area contributed by atoms with Crippen molar-refractivity contribution < 1.29 is 12.6 Å². The average molecular weight is 295 g/mol. The molecule has 0 N–H and O–H groups in total. The molecule has 2 fully saturated rings. The number of rotatable bonds is 3. The summed E-state index contributed by atoms with van der Waals surface area (Å²) in [5.74, 6) is 0. The quantitative estimate of drug-likeness (QED) is 0.803. The first-order chi connectivity index (χ1) is 9.67. The highest BCUT2D eigenvalue weighted by atomic mass is 32.2. The minimum absolute atomic E-state index is 0.186. The van der Waals surface area contributed by atoms with Gasteiger partial charge in [0.2, 0.25) is 0 Å². The molecule has 2 unspecified atom stereocenters. The second kappa shape index (κ2) is 5.84. The Hall–Kier alpha value is -0.910. The fourth-order valence-corrected chi connectivity index (χ4v) is 4.47. The molecule has 0 aliphatic carbocycles. The van der Waals surface area contributed by atoms with E-state index in [4.69, 9.17) is 4.18 Å². The minimum Gasteiger partial charge on any atom is -0.298 e. The van der Waals surface area contributed by atoms with E-state index >= 15 is 0 Å². The predicted molar refractivity (Wildman–Crippen MR) is 76.9 cm³/mol. The number of nitrogens with zero attached hydrogens (tertiary/aromatic N) is 1. The Balaban J connectivity index is 1.76. The van der Waals surface area contributed by atoms with Gasteiger partial charge < -0.3 is 0 Å². The average Bonchev–Trinajstić information content (AvgIpc) is 2.48. The lowest BCUT2D eigenvalue weighted by atomic mass is 9.91. The van der Waals surface area contributed by atoms with Crippen LogP contribution in [0.3, 0.4) is 0 Å². The van der Waals surface area contributed by atoms with Gasteiger partial charge in [-0.15, -0.1) is 0 Å². The molecule has 1 aromatic carbocycles. The zero-order valence-corrected chi connectivity index (χ0v) is 12.4. The predicted octanol–water partition coefficient (Wildman–Crippen LogP) is 2.41. The number of hydrogen-bond acceptors (Lipinski definition) is 4. The molecule has 2 saturated heterocycles. The van der Waals surface area contributed by atoms with Crippen molar-refractivity contribution in [2.45, 2.75) is 49.1 Å². The van der Waals surface area contributed by atoms with Crippen molar-refractivity contribution in [3.05, 3.63) is 30.3 Å². The summed E-state index contributed by atoms with van der Waals surface area (Å²) < 4.78 is 30.2. The maximum absolute atomic E-state index is 12.3. The summed E-state index contributed by atoms with van der Waals surface area (Å²) in [4.78, 5) is 2.66. The van der Waals surface area contributed by atoms with Crippen LogP contribution in [-0.2, 0) is 14.3 Å². The van der Waals surface area contributed by atoms with Crippen LogP contribution >= 0.6 is 0 Å². The summed E-state index contributed by atoms with van der Waals surface area (Å²) in [6.45, 7) is 2.16. The molecule has 1 aromatic rings. The lowest BCUT2D eigenvalue weighted by Gasteiger charge is -2.43. The van der Waals surface area contributed by atoms with Crippen LogP contribution in [0.2, 0.25) is 0 Å². The SMILES string of the molecule is O=S(=O)(OC1CCCN2CCCCC12)c1ccccc1. The molecule has 5 heteroatoms. The van der Waals surface area contributed by atoms with E-state index in [0.29, 0.717) is 0 Å². The van der Waals surface area contributed by atoms with Gasteiger partial charge in [-0.05, 0) is 50.9 Å². The summed E-state index contributed by atoms with van der Waals surface area (Å²) in [5.41, 5.74) is 0. The van der Waals surface area contributed by atoms with Gasteiger partial charge in [0.1, 0.15) is 0 Å². The van der Waals surface area contributed by atoms with E-state index in [-0.39, 0.29) is 17.0 Å². The van der Waals surface area contributed by atoms with Crippen LogP contribution in [0.5, 0.6) is 0 Å². The van der Waals surface area contributed by atoms with Crippen molar-refractivity contribution in [2.24, 2.45) is 0 Å². The van der Waals surface area contributed by atoms with Crippen LogP contribution in [0, 0.1) is 0 Å². The molecule has 110 valence electrons. The van der Waals surface area contributed by atoms with Gasteiger partial charge in [0, 0.05) is 6.04 Å². The van der Waals surface area contributed by atoms with Gasteiger partial charge in [-0.25, -0.2) is 0 Å². The first-order valence-corrected chi connectivity index (χ1v) is 8.80. The number of hydrogen-bond donors (Lipinski definition) is 0. The third kappa shape index (κ3) is 2.90. The highest BCUT2D eigenvalue weighted by Gasteiger charge is 2.36. The Morgan fingerprint density at radius 3 is 2.55 bits per heavy atom. The van der Waals surface area contributed by atoms with Crippen molar-refractivity contribution in [2.75, 3.05) is 13.1 Å². The normalized spacial score (nSPS) is 28.0. The van der Waals surface area contributed by atoms with Crippen molar-refractivity contribution >= 4 is 10.1 Å².